The van der Waals surface area contributed by atoms with Gasteiger partial charge in [-0.25, -0.2) is 0 Å². The first-order chi connectivity index (χ1) is 11.0. The number of amides is 1. The summed E-state index contributed by atoms with van der Waals surface area (Å²) >= 11 is 0. The fraction of sp³-hybridized carbons (Fsp3) is 0.529. The van der Waals surface area contributed by atoms with Crippen molar-refractivity contribution in [2.75, 3.05) is 13.1 Å². The van der Waals surface area contributed by atoms with Gasteiger partial charge in [-0.2, -0.15) is 0 Å². The van der Waals surface area contributed by atoms with E-state index in [0.717, 1.165) is 28.5 Å². The first-order valence-electron chi connectivity index (χ1n) is 7.97. The molecule has 0 aromatic carbocycles. The van der Waals surface area contributed by atoms with Crippen LogP contribution in [0.3, 0.4) is 0 Å². The Bertz CT molecular complexity index is 684. The third kappa shape index (κ3) is 3.17. The molecule has 1 saturated heterocycles. The molecule has 2 unspecified atom stereocenters. The second-order valence-corrected chi connectivity index (χ2v) is 6.32. The Balaban J connectivity index is 1.61. The quantitative estimate of drug-likeness (QED) is 0.933. The third-order valence-corrected chi connectivity index (χ3v) is 4.61. The molecule has 2 aromatic rings. The molecule has 1 aliphatic heterocycles. The van der Waals surface area contributed by atoms with Crippen molar-refractivity contribution in [3.63, 3.8) is 0 Å². The summed E-state index contributed by atoms with van der Waals surface area (Å²) in [6.07, 6.45) is 1.09. The van der Waals surface area contributed by atoms with Crippen LogP contribution in [0.25, 0.3) is 0 Å². The maximum absolute atomic E-state index is 12.5. The van der Waals surface area contributed by atoms with Gasteiger partial charge in [-0.05, 0) is 39.3 Å². The van der Waals surface area contributed by atoms with Crippen molar-refractivity contribution < 1.29 is 13.7 Å². The lowest BCUT2D eigenvalue weighted by Crippen LogP contribution is -2.32. The molecular formula is C17H23N3O3. The van der Waals surface area contributed by atoms with Crippen LogP contribution in [0.1, 0.15) is 40.9 Å². The second kappa shape index (κ2) is 6.20. The van der Waals surface area contributed by atoms with Gasteiger partial charge in [-0.1, -0.05) is 5.16 Å². The van der Waals surface area contributed by atoms with E-state index in [2.05, 4.69) is 5.16 Å². The van der Waals surface area contributed by atoms with E-state index >= 15 is 0 Å². The van der Waals surface area contributed by atoms with Crippen molar-refractivity contribution in [1.82, 2.24) is 10.1 Å². The molecule has 0 saturated carbocycles. The van der Waals surface area contributed by atoms with Crippen molar-refractivity contribution in [2.24, 2.45) is 5.73 Å². The Morgan fingerprint density at radius 1 is 1.35 bits per heavy atom. The SMILES string of the molecule is Cc1ccc(C2CN(C(=O)CCc3c(C)noc3C)CC2N)o1. The number of aromatic nitrogens is 1. The zero-order chi connectivity index (χ0) is 16.6. The van der Waals surface area contributed by atoms with Gasteiger partial charge >= 0.3 is 0 Å². The topological polar surface area (TPSA) is 85.5 Å². The normalized spacial score (nSPS) is 21.1. The summed E-state index contributed by atoms with van der Waals surface area (Å²) in [5.41, 5.74) is 8.10. The minimum absolute atomic E-state index is 0.0757. The largest absolute Gasteiger partial charge is 0.466 e. The summed E-state index contributed by atoms with van der Waals surface area (Å²) in [4.78, 5) is 14.3. The van der Waals surface area contributed by atoms with Crippen LogP contribution in [-0.4, -0.2) is 35.1 Å². The number of carbonyl (C=O) groups is 1. The highest BCUT2D eigenvalue weighted by Gasteiger charge is 2.35. The van der Waals surface area contributed by atoms with Gasteiger partial charge in [-0.3, -0.25) is 4.79 Å². The van der Waals surface area contributed by atoms with Crippen molar-refractivity contribution in [3.8, 4) is 0 Å². The maximum atomic E-state index is 12.5. The standard InChI is InChI=1S/C17H23N3O3/c1-10-4-6-16(22-10)14-8-20(9-15(14)18)17(21)7-5-13-11(2)19-23-12(13)3/h4,6,14-15H,5,7-9,18H2,1-3H3. The average Bonchev–Trinajstić information content (AvgIpc) is 3.18. The predicted octanol–water partition coefficient (Wildman–Crippen LogP) is 2.08. The molecule has 0 aliphatic carbocycles. The first kappa shape index (κ1) is 15.8. The fourth-order valence-corrected chi connectivity index (χ4v) is 3.24. The van der Waals surface area contributed by atoms with Crippen LogP contribution in [0.5, 0.6) is 0 Å². The van der Waals surface area contributed by atoms with Gasteiger partial charge in [0.2, 0.25) is 5.91 Å². The van der Waals surface area contributed by atoms with E-state index in [9.17, 15) is 4.79 Å². The number of hydrogen-bond acceptors (Lipinski definition) is 5. The van der Waals surface area contributed by atoms with E-state index in [1.165, 1.54) is 0 Å². The number of aryl methyl sites for hydroxylation is 3. The minimum Gasteiger partial charge on any atom is -0.466 e. The Kier molecular flexibility index (Phi) is 4.26. The summed E-state index contributed by atoms with van der Waals surface area (Å²) in [5.74, 6) is 2.72. The van der Waals surface area contributed by atoms with Crippen LogP contribution >= 0.6 is 0 Å². The molecule has 1 aliphatic rings. The number of nitrogens with zero attached hydrogens (tertiary/aromatic N) is 2. The zero-order valence-electron chi connectivity index (χ0n) is 13.8. The molecular weight excluding hydrogens is 294 g/mol. The summed E-state index contributed by atoms with van der Waals surface area (Å²) in [6.45, 7) is 6.88. The van der Waals surface area contributed by atoms with Crippen LogP contribution < -0.4 is 5.73 Å². The van der Waals surface area contributed by atoms with Crippen molar-refractivity contribution in [3.05, 3.63) is 40.7 Å². The third-order valence-electron chi connectivity index (χ3n) is 4.61. The number of furan rings is 1. The van der Waals surface area contributed by atoms with Gasteiger partial charge in [-0.15, -0.1) is 0 Å². The number of nitrogens with two attached hydrogens (primary N) is 1. The lowest BCUT2D eigenvalue weighted by molar-refractivity contribution is -0.130. The van der Waals surface area contributed by atoms with Gasteiger partial charge in [0.15, 0.2) is 0 Å². The summed E-state index contributed by atoms with van der Waals surface area (Å²) in [6, 6.07) is 3.81. The van der Waals surface area contributed by atoms with E-state index in [1.54, 1.807) is 0 Å². The molecule has 1 amide bonds. The highest BCUT2D eigenvalue weighted by Crippen LogP contribution is 2.28. The average molecular weight is 317 g/mol. The highest BCUT2D eigenvalue weighted by atomic mass is 16.5. The van der Waals surface area contributed by atoms with E-state index in [1.807, 2.05) is 37.8 Å². The van der Waals surface area contributed by atoms with Gasteiger partial charge in [0.05, 0.1) is 11.6 Å². The van der Waals surface area contributed by atoms with Gasteiger partial charge in [0.25, 0.3) is 0 Å². The summed E-state index contributed by atoms with van der Waals surface area (Å²) in [5, 5.41) is 3.93. The summed E-state index contributed by atoms with van der Waals surface area (Å²) in [7, 11) is 0. The molecule has 3 rings (SSSR count). The first-order valence-corrected chi connectivity index (χ1v) is 7.97. The second-order valence-electron chi connectivity index (χ2n) is 6.32. The Hall–Kier alpha value is -2.08. The van der Waals surface area contributed by atoms with E-state index in [0.29, 0.717) is 25.9 Å². The molecule has 0 bridgehead atoms. The van der Waals surface area contributed by atoms with Crippen LogP contribution in [-0.2, 0) is 11.2 Å². The fourth-order valence-electron chi connectivity index (χ4n) is 3.24. The lowest BCUT2D eigenvalue weighted by Gasteiger charge is -2.15. The minimum atomic E-state index is -0.0800. The van der Waals surface area contributed by atoms with Gasteiger partial charge in [0.1, 0.15) is 17.3 Å². The number of carbonyl (C=O) groups excluding carboxylic acids is 1. The van der Waals surface area contributed by atoms with Crippen molar-refractivity contribution in [1.29, 1.82) is 0 Å². The van der Waals surface area contributed by atoms with Crippen LogP contribution in [0, 0.1) is 20.8 Å². The molecule has 3 heterocycles. The van der Waals surface area contributed by atoms with Crippen LogP contribution in [0.2, 0.25) is 0 Å². The van der Waals surface area contributed by atoms with E-state index < -0.39 is 0 Å². The van der Waals surface area contributed by atoms with E-state index in [4.69, 9.17) is 14.7 Å². The van der Waals surface area contributed by atoms with Crippen LogP contribution in [0.4, 0.5) is 0 Å². The maximum Gasteiger partial charge on any atom is 0.222 e. The van der Waals surface area contributed by atoms with Crippen LogP contribution in [0.15, 0.2) is 21.1 Å². The predicted molar refractivity (Wildman–Crippen MR) is 85.0 cm³/mol. The number of rotatable bonds is 4. The highest BCUT2D eigenvalue weighted by molar-refractivity contribution is 5.77. The van der Waals surface area contributed by atoms with Gasteiger partial charge in [0, 0.05) is 31.1 Å². The summed E-state index contributed by atoms with van der Waals surface area (Å²) < 4.78 is 10.8. The smallest absolute Gasteiger partial charge is 0.222 e. The molecule has 6 heteroatoms. The molecule has 124 valence electrons. The molecule has 6 nitrogen and oxygen atoms in total. The molecule has 2 atom stereocenters. The van der Waals surface area contributed by atoms with Crippen molar-refractivity contribution >= 4 is 5.91 Å². The molecule has 23 heavy (non-hydrogen) atoms. The Morgan fingerprint density at radius 2 is 2.13 bits per heavy atom. The van der Waals surface area contributed by atoms with Gasteiger partial charge < -0.3 is 19.6 Å². The molecule has 1 fully saturated rings. The Labute approximate surface area is 135 Å². The molecule has 2 N–H and O–H groups in total. The zero-order valence-corrected chi connectivity index (χ0v) is 13.8. The molecule has 0 radical (unpaired) electrons. The monoisotopic (exact) mass is 317 g/mol. The number of hydrogen-bond donors (Lipinski definition) is 1. The number of likely N-dealkylation sites (tertiary alicyclic amines) is 1. The molecule has 2 aromatic heterocycles. The lowest BCUT2D eigenvalue weighted by atomic mass is 10.0. The van der Waals surface area contributed by atoms with Crippen molar-refractivity contribution in [2.45, 2.75) is 45.6 Å². The van der Waals surface area contributed by atoms with E-state index in [-0.39, 0.29) is 17.9 Å². The Morgan fingerprint density at radius 3 is 2.74 bits per heavy atom. The molecule has 0 spiro atoms.